The normalized spacial score (nSPS) is 21.4. The molecule has 0 spiro atoms. The van der Waals surface area contributed by atoms with Crippen LogP contribution in [0.25, 0.3) is 0 Å². The molecule has 0 amide bonds. The van der Waals surface area contributed by atoms with Crippen molar-refractivity contribution in [1.29, 1.82) is 0 Å². The summed E-state index contributed by atoms with van der Waals surface area (Å²) in [4.78, 5) is 0. The molecule has 0 N–H and O–H groups in total. The van der Waals surface area contributed by atoms with Crippen LogP contribution in [0.2, 0.25) is 18.1 Å². The first-order valence-electron chi connectivity index (χ1n) is 7.22. The second kappa shape index (κ2) is 6.89. The summed E-state index contributed by atoms with van der Waals surface area (Å²) in [5.74, 6) is 0.749. The Hall–Kier alpha value is 0.647. The van der Waals surface area contributed by atoms with E-state index in [-0.39, 0.29) is 0 Å². The van der Waals surface area contributed by atoms with Crippen LogP contribution in [-0.2, 0) is 4.43 Å². The Labute approximate surface area is 128 Å². The van der Waals surface area contributed by atoms with Gasteiger partial charge in [-0.1, -0.05) is 68.7 Å². The molecule has 0 aromatic carbocycles. The first-order chi connectivity index (χ1) is 8.28. The molecule has 0 unspecified atom stereocenters. The Kier molecular flexibility index (Phi) is 6.39. The average molecular weight is 380 g/mol. The maximum absolute atomic E-state index is 6.63. The molecule has 0 saturated heterocycles. The Morgan fingerprint density at radius 1 is 1.17 bits per heavy atom. The van der Waals surface area contributed by atoms with Crippen molar-refractivity contribution in [2.45, 2.75) is 77.1 Å². The molecule has 1 saturated carbocycles. The summed E-state index contributed by atoms with van der Waals surface area (Å²) in [6.07, 6.45) is 9.52. The molecule has 1 aliphatic carbocycles. The second-order valence-electron chi connectivity index (χ2n) is 7.06. The zero-order valence-corrected chi connectivity index (χ0v) is 15.8. The lowest BCUT2D eigenvalue weighted by molar-refractivity contribution is 0.132. The van der Waals surface area contributed by atoms with Crippen molar-refractivity contribution in [1.82, 2.24) is 0 Å². The highest BCUT2D eigenvalue weighted by atomic mass is 127. The topological polar surface area (TPSA) is 9.23 Å². The van der Waals surface area contributed by atoms with E-state index in [2.05, 4.69) is 66.6 Å². The summed E-state index contributed by atoms with van der Waals surface area (Å²) < 4.78 is 8.77. The van der Waals surface area contributed by atoms with Gasteiger partial charge in [0.25, 0.3) is 0 Å². The molecule has 0 aromatic rings. The van der Waals surface area contributed by atoms with Gasteiger partial charge in [0, 0.05) is 0 Å². The standard InChI is InChI=1S/C15H29IOSi/c1-15(2,3)18(4,5)17-14(11-12-16)13-9-7-6-8-10-13/h11-14H,6-10H2,1-5H3/t14-/m1/s1. The zero-order chi connectivity index (χ0) is 13.8. The Bertz CT molecular complexity index is 275. The van der Waals surface area contributed by atoms with Crippen molar-refractivity contribution in [2.75, 3.05) is 0 Å². The minimum absolute atomic E-state index is 0.305. The van der Waals surface area contributed by atoms with E-state index >= 15 is 0 Å². The number of halogens is 1. The van der Waals surface area contributed by atoms with Gasteiger partial charge in [-0.3, -0.25) is 0 Å². The van der Waals surface area contributed by atoms with Crippen LogP contribution in [0, 0.1) is 5.92 Å². The lowest BCUT2D eigenvalue weighted by atomic mass is 9.85. The molecule has 1 aliphatic rings. The van der Waals surface area contributed by atoms with E-state index in [9.17, 15) is 0 Å². The minimum Gasteiger partial charge on any atom is -0.410 e. The molecule has 1 nitrogen and oxygen atoms in total. The summed E-state index contributed by atoms with van der Waals surface area (Å²) in [7, 11) is -1.64. The van der Waals surface area contributed by atoms with Crippen LogP contribution in [-0.4, -0.2) is 14.4 Å². The largest absolute Gasteiger partial charge is 0.410 e. The molecule has 0 radical (unpaired) electrons. The average Bonchev–Trinajstić information content (AvgIpc) is 2.28. The predicted molar refractivity (Wildman–Crippen MR) is 91.8 cm³/mol. The Morgan fingerprint density at radius 2 is 1.72 bits per heavy atom. The van der Waals surface area contributed by atoms with Gasteiger partial charge in [-0.25, -0.2) is 0 Å². The number of hydrogen-bond donors (Lipinski definition) is 0. The van der Waals surface area contributed by atoms with E-state index < -0.39 is 8.32 Å². The first kappa shape index (κ1) is 16.7. The van der Waals surface area contributed by atoms with Crippen molar-refractivity contribution in [3.63, 3.8) is 0 Å². The van der Waals surface area contributed by atoms with Crippen LogP contribution in [0.1, 0.15) is 52.9 Å². The molecule has 0 aromatic heterocycles. The monoisotopic (exact) mass is 380 g/mol. The van der Waals surface area contributed by atoms with E-state index in [0.29, 0.717) is 11.1 Å². The Balaban J connectivity index is 2.73. The van der Waals surface area contributed by atoms with Crippen LogP contribution in [0.3, 0.4) is 0 Å². The highest BCUT2D eigenvalue weighted by molar-refractivity contribution is 14.1. The van der Waals surface area contributed by atoms with Gasteiger partial charge in [-0.15, -0.1) is 0 Å². The quantitative estimate of drug-likeness (QED) is 0.435. The van der Waals surface area contributed by atoms with Crippen LogP contribution >= 0.6 is 22.6 Å². The van der Waals surface area contributed by atoms with E-state index in [1.54, 1.807) is 0 Å². The van der Waals surface area contributed by atoms with Crippen molar-refractivity contribution in [3.05, 3.63) is 10.2 Å². The van der Waals surface area contributed by atoms with Crippen molar-refractivity contribution in [2.24, 2.45) is 5.92 Å². The SMILES string of the molecule is CC(C)(C)[Si](C)(C)O[C@H](C=CI)C1CCCCC1. The number of hydrogen-bond acceptors (Lipinski definition) is 1. The van der Waals surface area contributed by atoms with Gasteiger partial charge in [-0.2, -0.15) is 0 Å². The highest BCUT2D eigenvalue weighted by Crippen LogP contribution is 2.40. The van der Waals surface area contributed by atoms with E-state index in [1.807, 2.05) is 0 Å². The smallest absolute Gasteiger partial charge is 0.192 e. The second-order valence-corrected chi connectivity index (χ2v) is 12.5. The lowest BCUT2D eigenvalue weighted by Gasteiger charge is -2.41. The molecule has 1 fully saturated rings. The molecule has 1 atom stereocenters. The van der Waals surface area contributed by atoms with Gasteiger partial charge in [0.15, 0.2) is 8.32 Å². The molecule has 0 heterocycles. The third-order valence-electron chi connectivity index (χ3n) is 4.61. The summed E-state index contributed by atoms with van der Waals surface area (Å²) in [5, 5.41) is 0.305. The molecular weight excluding hydrogens is 351 g/mol. The van der Waals surface area contributed by atoms with E-state index in [4.69, 9.17) is 4.43 Å². The van der Waals surface area contributed by atoms with Crippen LogP contribution in [0.5, 0.6) is 0 Å². The van der Waals surface area contributed by atoms with E-state index in [1.165, 1.54) is 32.1 Å². The summed E-state index contributed by atoms with van der Waals surface area (Å²) in [6.45, 7) is 11.7. The molecule has 106 valence electrons. The fraction of sp³-hybridized carbons (Fsp3) is 0.867. The highest BCUT2D eigenvalue weighted by Gasteiger charge is 2.40. The third-order valence-corrected chi connectivity index (χ3v) is 9.50. The van der Waals surface area contributed by atoms with Crippen LogP contribution in [0.4, 0.5) is 0 Å². The van der Waals surface area contributed by atoms with Crippen molar-refractivity contribution >= 4 is 30.9 Å². The summed E-state index contributed by atoms with van der Waals surface area (Å²) >= 11 is 2.33. The predicted octanol–water partition coefficient (Wildman–Crippen LogP) is 5.91. The molecule has 3 heteroatoms. The maximum atomic E-state index is 6.63. The van der Waals surface area contributed by atoms with Gasteiger partial charge < -0.3 is 4.43 Å². The molecule has 18 heavy (non-hydrogen) atoms. The van der Waals surface area contributed by atoms with Gasteiger partial charge >= 0.3 is 0 Å². The minimum atomic E-state index is -1.64. The Morgan fingerprint density at radius 3 is 2.17 bits per heavy atom. The van der Waals surface area contributed by atoms with Gasteiger partial charge in [0.05, 0.1) is 6.10 Å². The van der Waals surface area contributed by atoms with Gasteiger partial charge in [0.1, 0.15) is 0 Å². The van der Waals surface area contributed by atoms with E-state index in [0.717, 1.165) is 5.92 Å². The molecule has 0 bridgehead atoms. The molecular formula is C15H29IOSi. The zero-order valence-electron chi connectivity index (χ0n) is 12.6. The van der Waals surface area contributed by atoms with Crippen molar-refractivity contribution < 1.29 is 4.43 Å². The lowest BCUT2D eigenvalue weighted by Crippen LogP contribution is -2.45. The fourth-order valence-electron chi connectivity index (χ4n) is 2.34. The third kappa shape index (κ3) is 4.64. The van der Waals surface area contributed by atoms with Gasteiger partial charge in [0.2, 0.25) is 0 Å². The van der Waals surface area contributed by atoms with Crippen molar-refractivity contribution in [3.8, 4) is 0 Å². The first-order valence-corrected chi connectivity index (χ1v) is 11.4. The van der Waals surface area contributed by atoms with Crippen LogP contribution < -0.4 is 0 Å². The summed E-state index contributed by atoms with van der Waals surface area (Å²) in [5.41, 5.74) is 0. The fourth-order valence-corrected chi connectivity index (χ4v) is 4.06. The molecule has 1 rings (SSSR count). The molecule has 0 aliphatic heterocycles. The number of rotatable bonds is 4. The van der Waals surface area contributed by atoms with Gasteiger partial charge in [-0.05, 0) is 41.0 Å². The van der Waals surface area contributed by atoms with Crippen LogP contribution in [0.15, 0.2) is 10.2 Å². The summed E-state index contributed by atoms with van der Waals surface area (Å²) in [6, 6.07) is 0. The maximum Gasteiger partial charge on any atom is 0.192 e.